The van der Waals surface area contributed by atoms with Crippen LogP contribution in [-0.4, -0.2) is 16.3 Å². The van der Waals surface area contributed by atoms with Crippen LogP contribution in [0.5, 0.6) is 0 Å². The second kappa shape index (κ2) is 5.14. The molecule has 2 aromatic carbocycles. The molecule has 0 saturated carbocycles. The highest BCUT2D eigenvalue weighted by molar-refractivity contribution is 9.10. The second-order valence-electron chi connectivity index (χ2n) is 4.97. The number of H-pyrrole nitrogens is 1. The van der Waals surface area contributed by atoms with E-state index >= 15 is 0 Å². The summed E-state index contributed by atoms with van der Waals surface area (Å²) in [6.45, 7) is 0. The standard InChI is InChI=1S/C16H11BrF3NO/c17-11-6-7-14-12(8-11)13(9-21-14)15(22,16(18,19)20)10-4-2-1-3-5-10/h1-9,21-22H. The molecule has 0 amide bonds. The van der Waals surface area contributed by atoms with E-state index in [1.807, 2.05) is 0 Å². The topological polar surface area (TPSA) is 36.0 Å². The smallest absolute Gasteiger partial charge is 0.372 e. The predicted molar refractivity (Wildman–Crippen MR) is 81.5 cm³/mol. The van der Waals surface area contributed by atoms with E-state index in [9.17, 15) is 18.3 Å². The molecule has 0 aliphatic rings. The predicted octanol–water partition coefficient (Wildman–Crippen LogP) is 4.73. The largest absolute Gasteiger partial charge is 0.425 e. The molecular weight excluding hydrogens is 359 g/mol. The molecule has 0 bridgehead atoms. The van der Waals surface area contributed by atoms with Gasteiger partial charge in [-0.2, -0.15) is 13.2 Å². The Labute approximate surface area is 132 Å². The Hall–Kier alpha value is -1.79. The minimum Gasteiger partial charge on any atom is -0.372 e. The summed E-state index contributed by atoms with van der Waals surface area (Å²) in [7, 11) is 0. The van der Waals surface area contributed by atoms with Crippen molar-refractivity contribution < 1.29 is 18.3 Å². The van der Waals surface area contributed by atoms with Crippen molar-refractivity contribution in [1.82, 2.24) is 4.98 Å². The van der Waals surface area contributed by atoms with Gasteiger partial charge in [-0.25, -0.2) is 0 Å². The van der Waals surface area contributed by atoms with Crippen molar-refractivity contribution >= 4 is 26.8 Å². The molecule has 2 N–H and O–H groups in total. The number of aromatic amines is 1. The maximum atomic E-state index is 13.7. The summed E-state index contributed by atoms with van der Waals surface area (Å²) in [6, 6.07) is 12.0. The Morgan fingerprint density at radius 1 is 1.00 bits per heavy atom. The molecule has 6 heteroatoms. The van der Waals surface area contributed by atoms with Crippen LogP contribution in [0.25, 0.3) is 10.9 Å². The minimum absolute atomic E-state index is 0.219. The summed E-state index contributed by atoms with van der Waals surface area (Å²) in [5.41, 5.74) is -2.99. The van der Waals surface area contributed by atoms with Gasteiger partial charge in [-0.1, -0.05) is 46.3 Å². The third kappa shape index (κ3) is 2.23. The van der Waals surface area contributed by atoms with E-state index in [0.717, 1.165) is 0 Å². The zero-order valence-electron chi connectivity index (χ0n) is 11.2. The van der Waals surface area contributed by atoms with Crippen LogP contribution in [-0.2, 0) is 5.60 Å². The molecule has 0 spiro atoms. The summed E-state index contributed by atoms with van der Waals surface area (Å²) in [5, 5.41) is 10.9. The van der Waals surface area contributed by atoms with Gasteiger partial charge in [0.1, 0.15) is 0 Å². The molecule has 1 aromatic heterocycles. The molecule has 2 nitrogen and oxygen atoms in total. The van der Waals surface area contributed by atoms with Gasteiger partial charge in [-0.15, -0.1) is 0 Å². The fourth-order valence-electron chi connectivity index (χ4n) is 2.54. The van der Waals surface area contributed by atoms with Crippen molar-refractivity contribution in [2.75, 3.05) is 0 Å². The molecule has 1 heterocycles. The lowest BCUT2D eigenvalue weighted by Crippen LogP contribution is -2.43. The molecule has 0 aliphatic heterocycles. The Bertz CT molecular complexity index is 813. The molecule has 114 valence electrons. The van der Waals surface area contributed by atoms with Gasteiger partial charge in [0.05, 0.1) is 0 Å². The summed E-state index contributed by atoms with van der Waals surface area (Å²) in [6.07, 6.45) is -3.65. The lowest BCUT2D eigenvalue weighted by Gasteiger charge is -2.31. The number of rotatable bonds is 2. The van der Waals surface area contributed by atoms with Crippen molar-refractivity contribution in [3.05, 3.63) is 70.3 Å². The highest BCUT2D eigenvalue weighted by Gasteiger charge is 2.57. The van der Waals surface area contributed by atoms with Crippen molar-refractivity contribution in [3.63, 3.8) is 0 Å². The number of halogens is 4. The van der Waals surface area contributed by atoms with E-state index in [1.54, 1.807) is 24.3 Å². The number of hydrogen-bond acceptors (Lipinski definition) is 1. The zero-order chi connectivity index (χ0) is 16.0. The number of fused-ring (bicyclic) bond motifs is 1. The fraction of sp³-hybridized carbons (Fsp3) is 0.125. The molecule has 22 heavy (non-hydrogen) atoms. The van der Waals surface area contributed by atoms with Gasteiger partial charge in [0, 0.05) is 27.1 Å². The molecule has 3 aromatic rings. The van der Waals surface area contributed by atoms with Crippen molar-refractivity contribution in [2.45, 2.75) is 11.8 Å². The number of aromatic nitrogens is 1. The first-order valence-electron chi connectivity index (χ1n) is 6.46. The Kier molecular flexibility index (Phi) is 3.53. The van der Waals surface area contributed by atoms with Crippen molar-refractivity contribution in [3.8, 4) is 0 Å². The molecule has 0 fully saturated rings. The van der Waals surface area contributed by atoms with Crippen molar-refractivity contribution in [2.24, 2.45) is 0 Å². The van der Waals surface area contributed by atoms with Crippen LogP contribution in [0.1, 0.15) is 11.1 Å². The lowest BCUT2D eigenvalue weighted by atomic mass is 9.85. The molecule has 0 radical (unpaired) electrons. The molecular formula is C16H11BrF3NO. The molecule has 0 saturated heterocycles. The Morgan fingerprint density at radius 3 is 2.32 bits per heavy atom. The average Bonchev–Trinajstić information content (AvgIpc) is 2.89. The first-order chi connectivity index (χ1) is 10.3. The maximum absolute atomic E-state index is 13.7. The molecule has 1 atom stereocenters. The highest BCUT2D eigenvalue weighted by atomic mass is 79.9. The van der Waals surface area contributed by atoms with Gasteiger partial charge in [-0.3, -0.25) is 0 Å². The SMILES string of the molecule is OC(c1ccccc1)(c1c[nH]c2ccc(Br)cc12)C(F)(F)F. The van der Waals surface area contributed by atoms with Gasteiger partial charge in [0.25, 0.3) is 0 Å². The van der Waals surface area contributed by atoms with E-state index in [1.165, 1.54) is 30.5 Å². The second-order valence-corrected chi connectivity index (χ2v) is 5.88. The van der Waals surface area contributed by atoms with E-state index in [2.05, 4.69) is 20.9 Å². The van der Waals surface area contributed by atoms with Gasteiger partial charge in [0.2, 0.25) is 5.60 Å². The summed E-state index contributed by atoms with van der Waals surface area (Å²) < 4.78 is 41.8. The van der Waals surface area contributed by atoms with Gasteiger partial charge >= 0.3 is 6.18 Å². The first kappa shape index (κ1) is 15.1. The van der Waals surface area contributed by atoms with E-state index < -0.39 is 11.8 Å². The number of aliphatic hydroxyl groups is 1. The molecule has 1 unspecified atom stereocenters. The minimum atomic E-state index is -4.86. The van der Waals surface area contributed by atoms with E-state index in [-0.39, 0.29) is 11.1 Å². The van der Waals surface area contributed by atoms with Crippen LogP contribution in [0.4, 0.5) is 13.2 Å². The highest BCUT2D eigenvalue weighted by Crippen LogP contribution is 2.46. The monoisotopic (exact) mass is 369 g/mol. The summed E-state index contributed by atoms with van der Waals surface area (Å²) >= 11 is 3.25. The van der Waals surface area contributed by atoms with Crippen LogP contribution in [0.15, 0.2) is 59.2 Å². The van der Waals surface area contributed by atoms with E-state index in [4.69, 9.17) is 0 Å². The zero-order valence-corrected chi connectivity index (χ0v) is 12.7. The van der Waals surface area contributed by atoms with Crippen molar-refractivity contribution in [1.29, 1.82) is 0 Å². The number of benzene rings is 2. The number of alkyl halides is 3. The van der Waals surface area contributed by atoms with Crippen LogP contribution in [0.2, 0.25) is 0 Å². The third-order valence-electron chi connectivity index (χ3n) is 3.64. The van der Waals surface area contributed by atoms with Crippen LogP contribution in [0.3, 0.4) is 0 Å². The summed E-state index contributed by atoms with van der Waals surface area (Å²) in [4.78, 5) is 2.78. The summed E-state index contributed by atoms with van der Waals surface area (Å²) in [5.74, 6) is 0. The Balaban J connectivity index is 2.33. The normalized spacial score (nSPS) is 15.0. The molecule has 3 rings (SSSR count). The van der Waals surface area contributed by atoms with Crippen LogP contribution in [0, 0.1) is 0 Å². The van der Waals surface area contributed by atoms with Crippen LogP contribution < -0.4 is 0 Å². The van der Waals surface area contributed by atoms with Gasteiger partial charge in [-0.05, 0) is 23.8 Å². The Morgan fingerprint density at radius 2 is 1.68 bits per heavy atom. The van der Waals surface area contributed by atoms with Gasteiger partial charge < -0.3 is 10.1 Å². The molecule has 0 aliphatic carbocycles. The van der Waals surface area contributed by atoms with Gasteiger partial charge in [0.15, 0.2) is 0 Å². The lowest BCUT2D eigenvalue weighted by molar-refractivity contribution is -0.247. The van der Waals surface area contributed by atoms with E-state index in [0.29, 0.717) is 15.4 Å². The third-order valence-corrected chi connectivity index (χ3v) is 4.13. The quantitative estimate of drug-likeness (QED) is 0.672. The maximum Gasteiger partial charge on any atom is 0.425 e. The first-order valence-corrected chi connectivity index (χ1v) is 7.25. The average molecular weight is 370 g/mol. The fourth-order valence-corrected chi connectivity index (χ4v) is 2.90. The number of hydrogen-bond donors (Lipinski definition) is 2. The van der Waals surface area contributed by atoms with Crippen LogP contribution >= 0.6 is 15.9 Å². The number of nitrogens with one attached hydrogen (secondary N) is 1.